The van der Waals surface area contributed by atoms with Crippen LogP contribution in [-0.2, 0) is 28.7 Å². The van der Waals surface area contributed by atoms with Crippen molar-refractivity contribution in [3.05, 3.63) is 0 Å². The molecule has 2 N–H and O–H groups in total. The van der Waals surface area contributed by atoms with Crippen molar-refractivity contribution in [3.63, 3.8) is 0 Å². The summed E-state index contributed by atoms with van der Waals surface area (Å²) in [5, 5.41) is 17.6. The number of aliphatic carboxylic acids is 2. The van der Waals surface area contributed by atoms with Gasteiger partial charge in [0, 0.05) is 6.92 Å². The average Bonchev–Trinajstić information content (AvgIpc) is 2.14. The van der Waals surface area contributed by atoms with Crippen LogP contribution in [0.4, 0.5) is 0 Å². The van der Waals surface area contributed by atoms with Gasteiger partial charge in [-0.25, -0.2) is 4.79 Å². The summed E-state index contributed by atoms with van der Waals surface area (Å²) in [6, 6.07) is 0. The van der Waals surface area contributed by atoms with Crippen LogP contribution >= 0.6 is 0 Å². The first-order valence-corrected chi connectivity index (χ1v) is 5.04. The Morgan fingerprint density at radius 3 is 1.95 bits per heavy atom. The van der Waals surface area contributed by atoms with Crippen LogP contribution in [0.1, 0.15) is 26.7 Å². The van der Waals surface area contributed by atoms with Gasteiger partial charge in [-0.1, -0.05) is 0 Å². The molecule has 0 aromatic carbocycles. The maximum atomic E-state index is 11.3. The van der Waals surface area contributed by atoms with Gasteiger partial charge >= 0.3 is 53.4 Å². The number of carboxylic acid groups (broad SMARTS) is 2. The fourth-order valence-corrected chi connectivity index (χ4v) is 1.29. The number of hydrogen-bond acceptors (Lipinski definition) is 6. The average molecular weight is 286 g/mol. The molecule has 9 heteroatoms. The number of carboxylic acids is 2. The molecule has 0 radical (unpaired) electrons. The Balaban J connectivity index is 0. The molecule has 0 aromatic heterocycles. The molecule has 1 atom stereocenters. The van der Waals surface area contributed by atoms with Crippen molar-refractivity contribution >= 4 is 53.4 Å². The molecule has 0 aliphatic carbocycles. The van der Waals surface area contributed by atoms with Crippen molar-refractivity contribution in [2.24, 2.45) is 0 Å². The molecule has 0 rings (SSSR count). The van der Waals surface area contributed by atoms with E-state index < -0.39 is 42.3 Å². The summed E-state index contributed by atoms with van der Waals surface area (Å²) in [6.45, 7) is 2.43. The molecule has 19 heavy (non-hydrogen) atoms. The van der Waals surface area contributed by atoms with Gasteiger partial charge in [-0.15, -0.1) is 0 Å². The molecule has 104 valence electrons. The second-order valence-electron chi connectivity index (χ2n) is 3.45. The van der Waals surface area contributed by atoms with Gasteiger partial charge < -0.3 is 19.7 Å². The van der Waals surface area contributed by atoms with Gasteiger partial charge in [-0.3, -0.25) is 14.4 Å². The van der Waals surface area contributed by atoms with E-state index in [1.165, 1.54) is 6.92 Å². The van der Waals surface area contributed by atoms with Crippen LogP contribution in [-0.4, -0.2) is 75.9 Å². The normalized spacial score (nSPS) is 12.5. The molecule has 0 aliphatic rings. The van der Waals surface area contributed by atoms with E-state index in [0.717, 1.165) is 6.92 Å². The van der Waals surface area contributed by atoms with Crippen LogP contribution in [0.25, 0.3) is 0 Å². The van der Waals surface area contributed by atoms with Crippen LogP contribution in [0.5, 0.6) is 0 Å². The molecule has 0 aromatic rings. The summed E-state index contributed by atoms with van der Waals surface area (Å²) in [6.07, 6.45) is -1.89. The first kappa shape index (κ1) is 20.2. The first-order chi connectivity index (χ1) is 8.23. The molecule has 0 fully saturated rings. The fraction of sp³-hybridized carbons (Fsp3) is 0.600. The number of hydrogen-bond donors (Lipinski definition) is 2. The molecule has 0 spiro atoms. The van der Waals surface area contributed by atoms with Gasteiger partial charge in [0.1, 0.15) is 0 Å². The molecule has 8 nitrogen and oxygen atoms in total. The van der Waals surface area contributed by atoms with E-state index in [1.807, 2.05) is 0 Å². The summed E-state index contributed by atoms with van der Waals surface area (Å²) in [5.41, 5.74) is -2.44. The fourth-order valence-electron chi connectivity index (χ4n) is 1.29. The third-order valence-corrected chi connectivity index (χ3v) is 1.90. The first-order valence-electron chi connectivity index (χ1n) is 5.04. The van der Waals surface area contributed by atoms with Crippen LogP contribution in [0, 0.1) is 0 Å². The molecule has 0 saturated carbocycles. The second-order valence-corrected chi connectivity index (χ2v) is 3.45. The Hall–Kier alpha value is -1.12. The van der Waals surface area contributed by atoms with Gasteiger partial charge in [0.05, 0.1) is 19.4 Å². The molecular weight excluding hydrogens is 271 g/mol. The summed E-state index contributed by atoms with van der Waals surface area (Å²) < 4.78 is 9.03. The summed E-state index contributed by atoms with van der Waals surface area (Å²) in [5.74, 6) is -5.18. The molecular formula is C10H15NaO8. The van der Waals surface area contributed by atoms with Crippen LogP contribution in [0.2, 0.25) is 0 Å². The molecule has 0 saturated heterocycles. The van der Waals surface area contributed by atoms with Crippen molar-refractivity contribution < 1.29 is 38.9 Å². The number of carbonyl (C=O) groups is 4. The third-order valence-electron chi connectivity index (χ3n) is 1.90. The SMILES string of the molecule is CCOC(=O)CC(CC(=O)O)(OC(C)=O)C(=O)O.[NaH]. The van der Waals surface area contributed by atoms with Crippen molar-refractivity contribution in [1.82, 2.24) is 0 Å². The zero-order valence-corrected chi connectivity index (χ0v) is 9.97. The van der Waals surface area contributed by atoms with Gasteiger partial charge in [-0.2, -0.15) is 0 Å². The monoisotopic (exact) mass is 286 g/mol. The number of ether oxygens (including phenoxy) is 2. The summed E-state index contributed by atoms with van der Waals surface area (Å²) in [7, 11) is 0. The zero-order chi connectivity index (χ0) is 14.3. The van der Waals surface area contributed by atoms with Crippen LogP contribution in [0.15, 0.2) is 0 Å². The van der Waals surface area contributed by atoms with Crippen molar-refractivity contribution in [2.75, 3.05) is 6.61 Å². The van der Waals surface area contributed by atoms with Gasteiger partial charge in [0.15, 0.2) is 0 Å². The van der Waals surface area contributed by atoms with Crippen LogP contribution < -0.4 is 0 Å². The van der Waals surface area contributed by atoms with Gasteiger partial charge in [0.2, 0.25) is 5.60 Å². The van der Waals surface area contributed by atoms with E-state index in [2.05, 4.69) is 9.47 Å². The van der Waals surface area contributed by atoms with Crippen molar-refractivity contribution in [3.8, 4) is 0 Å². The van der Waals surface area contributed by atoms with Crippen molar-refractivity contribution in [2.45, 2.75) is 32.3 Å². The second kappa shape index (κ2) is 8.89. The maximum absolute atomic E-state index is 11.3. The number of rotatable bonds is 7. The summed E-state index contributed by atoms with van der Waals surface area (Å²) >= 11 is 0. The molecule has 0 amide bonds. The van der Waals surface area contributed by atoms with Crippen LogP contribution in [0.3, 0.4) is 0 Å². The predicted octanol–water partition coefficient (Wildman–Crippen LogP) is -0.848. The van der Waals surface area contributed by atoms with E-state index in [9.17, 15) is 19.2 Å². The Bertz CT molecular complexity index is 349. The Labute approximate surface area is 131 Å². The summed E-state index contributed by atoms with van der Waals surface area (Å²) in [4.78, 5) is 43.8. The van der Waals surface area contributed by atoms with Crippen molar-refractivity contribution in [1.29, 1.82) is 0 Å². The van der Waals surface area contributed by atoms with E-state index in [-0.39, 0.29) is 36.2 Å². The van der Waals surface area contributed by atoms with E-state index >= 15 is 0 Å². The number of esters is 2. The minimum absolute atomic E-state index is 0. The van der Waals surface area contributed by atoms with Gasteiger partial charge in [-0.05, 0) is 6.92 Å². The third kappa shape index (κ3) is 7.14. The Morgan fingerprint density at radius 2 is 1.63 bits per heavy atom. The molecule has 0 bridgehead atoms. The number of carbonyl (C=O) groups excluding carboxylic acids is 2. The molecule has 0 aliphatic heterocycles. The quantitative estimate of drug-likeness (QED) is 0.457. The van der Waals surface area contributed by atoms with E-state index in [4.69, 9.17) is 10.2 Å². The zero-order valence-electron chi connectivity index (χ0n) is 9.97. The predicted molar refractivity (Wildman–Crippen MR) is 62.8 cm³/mol. The molecule has 0 heterocycles. The Morgan fingerprint density at radius 1 is 1.11 bits per heavy atom. The standard InChI is InChI=1S/C10H14O8.Na.H/c1-3-17-8(14)5-10(9(15)16,4-7(12)13)18-6(2)11;;/h3-5H2,1-2H3,(H,12,13)(H,15,16);;. The topological polar surface area (TPSA) is 127 Å². The van der Waals surface area contributed by atoms with Gasteiger partial charge in [0.25, 0.3) is 0 Å². The van der Waals surface area contributed by atoms with E-state index in [1.54, 1.807) is 0 Å². The molecule has 1 unspecified atom stereocenters. The minimum atomic E-state index is -2.44. The van der Waals surface area contributed by atoms with E-state index in [0.29, 0.717) is 0 Å². The Kier molecular flexibility index (Phi) is 9.45.